The van der Waals surface area contributed by atoms with E-state index < -0.39 is 10.0 Å². The minimum absolute atomic E-state index is 0.156. The van der Waals surface area contributed by atoms with Gasteiger partial charge in [-0.25, -0.2) is 8.42 Å². The number of nitrogens with one attached hydrogen (secondary N) is 1. The molecule has 0 amide bonds. The predicted octanol–water partition coefficient (Wildman–Crippen LogP) is 2.90. The fourth-order valence-corrected chi connectivity index (χ4v) is 2.99. The molecule has 0 aliphatic rings. The summed E-state index contributed by atoms with van der Waals surface area (Å²) >= 11 is 0. The van der Waals surface area contributed by atoms with Crippen LogP contribution in [0.5, 0.6) is 0 Å². The third-order valence-corrected chi connectivity index (χ3v) is 4.39. The van der Waals surface area contributed by atoms with Gasteiger partial charge in [-0.1, -0.05) is 48.0 Å². The smallest absolute Gasteiger partial charge is 0.261 e. The second-order valence-electron chi connectivity index (χ2n) is 4.95. The highest BCUT2D eigenvalue weighted by Gasteiger charge is 2.16. The Labute approximate surface area is 130 Å². The summed E-state index contributed by atoms with van der Waals surface area (Å²) in [5.41, 5.74) is 1.86. The normalized spacial score (nSPS) is 12.0. The van der Waals surface area contributed by atoms with Crippen molar-refractivity contribution < 1.29 is 13.2 Å². The van der Waals surface area contributed by atoms with E-state index in [0.29, 0.717) is 5.56 Å². The molecule has 2 rings (SSSR count). The largest absolute Gasteiger partial charge is 0.295 e. The van der Waals surface area contributed by atoms with Crippen LogP contribution < -0.4 is 4.72 Å². The van der Waals surface area contributed by atoms with Crippen molar-refractivity contribution in [2.24, 2.45) is 0 Å². The van der Waals surface area contributed by atoms with Crippen LogP contribution in [-0.4, -0.2) is 14.2 Å². The molecule has 0 aromatic heterocycles. The molecular weight excluding hydrogens is 298 g/mol. The standard InChI is InChI=1S/C17H17NO3S/c1-13-8-10-16(11-9-13)22(20,21)18-17(12-14(2)19)15-6-4-3-5-7-15/h3-12,18H,1-2H3/b17-12+. The molecule has 0 saturated carbocycles. The minimum atomic E-state index is -3.74. The molecule has 2 aromatic carbocycles. The monoisotopic (exact) mass is 315 g/mol. The molecule has 1 N–H and O–H groups in total. The molecule has 5 heteroatoms. The van der Waals surface area contributed by atoms with Gasteiger partial charge in [0.15, 0.2) is 5.78 Å². The van der Waals surface area contributed by atoms with Gasteiger partial charge in [0.2, 0.25) is 0 Å². The zero-order valence-corrected chi connectivity index (χ0v) is 13.2. The number of sulfonamides is 1. The Morgan fingerprint density at radius 3 is 2.14 bits per heavy atom. The second-order valence-corrected chi connectivity index (χ2v) is 6.64. The van der Waals surface area contributed by atoms with E-state index in [2.05, 4.69) is 4.72 Å². The summed E-state index contributed by atoms with van der Waals surface area (Å²) < 4.78 is 27.4. The molecule has 0 unspecified atom stereocenters. The summed E-state index contributed by atoms with van der Waals surface area (Å²) in [5.74, 6) is -0.231. The van der Waals surface area contributed by atoms with Gasteiger partial charge in [-0.2, -0.15) is 0 Å². The van der Waals surface area contributed by atoms with E-state index in [9.17, 15) is 13.2 Å². The van der Waals surface area contributed by atoms with Crippen molar-refractivity contribution in [3.05, 3.63) is 71.8 Å². The first-order chi connectivity index (χ1) is 10.4. The molecule has 0 radical (unpaired) electrons. The zero-order chi connectivity index (χ0) is 16.2. The average molecular weight is 315 g/mol. The van der Waals surface area contributed by atoms with Gasteiger partial charge in [-0.3, -0.25) is 9.52 Å². The van der Waals surface area contributed by atoms with E-state index in [0.717, 1.165) is 5.56 Å². The lowest BCUT2D eigenvalue weighted by Gasteiger charge is -2.12. The number of carbonyl (C=O) groups excluding carboxylic acids is 1. The van der Waals surface area contributed by atoms with Crippen LogP contribution in [0.4, 0.5) is 0 Å². The van der Waals surface area contributed by atoms with E-state index in [1.54, 1.807) is 36.4 Å². The van der Waals surface area contributed by atoms with Gasteiger partial charge in [-0.15, -0.1) is 0 Å². The molecule has 2 aromatic rings. The van der Waals surface area contributed by atoms with Crippen molar-refractivity contribution in [3.63, 3.8) is 0 Å². The maximum Gasteiger partial charge on any atom is 0.261 e. The Kier molecular flexibility index (Phi) is 4.78. The summed E-state index contributed by atoms with van der Waals surface area (Å²) in [4.78, 5) is 11.5. The molecule has 0 heterocycles. The average Bonchev–Trinajstić information content (AvgIpc) is 2.47. The number of carbonyl (C=O) groups is 1. The third-order valence-electron chi connectivity index (χ3n) is 3.01. The van der Waals surface area contributed by atoms with Gasteiger partial charge >= 0.3 is 0 Å². The van der Waals surface area contributed by atoms with Crippen LogP contribution in [0.25, 0.3) is 5.70 Å². The highest BCUT2D eigenvalue weighted by molar-refractivity contribution is 7.89. The van der Waals surface area contributed by atoms with Crippen LogP contribution in [0.2, 0.25) is 0 Å². The minimum Gasteiger partial charge on any atom is -0.295 e. The third kappa shape index (κ3) is 4.05. The lowest BCUT2D eigenvalue weighted by Crippen LogP contribution is -2.23. The highest BCUT2D eigenvalue weighted by atomic mass is 32.2. The van der Waals surface area contributed by atoms with Gasteiger partial charge in [0.1, 0.15) is 0 Å². The van der Waals surface area contributed by atoms with Gasteiger partial charge in [-0.05, 0) is 31.5 Å². The number of hydrogen-bond donors (Lipinski definition) is 1. The first-order valence-corrected chi connectivity index (χ1v) is 8.24. The number of rotatable bonds is 5. The molecule has 0 aliphatic heterocycles. The van der Waals surface area contributed by atoms with Crippen molar-refractivity contribution in [3.8, 4) is 0 Å². The molecule has 22 heavy (non-hydrogen) atoms. The number of aryl methyl sites for hydroxylation is 1. The lowest BCUT2D eigenvalue weighted by atomic mass is 10.1. The molecule has 0 bridgehead atoms. The Morgan fingerprint density at radius 1 is 1.00 bits per heavy atom. The molecule has 0 spiro atoms. The van der Waals surface area contributed by atoms with Crippen molar-refractivity contribution in [2.45, 2.75) is 18.7 Å². The number of benzene rings is 2. The maximum atomic E-state index is 12.4. The quantitative estimate of drug-likeness (QED) is 0.863. The van der Waals surface area contributed by atoms with E-state index in [1.165, 1.54) is 25.1 Å². The fourth-order valence-electron chi connectivity index (χ4n) is 1.91. The Balaban J connectivity index is 2.39. The first kappa shape index (κ1) is 16.0. The van der Waals surface area contributed by atoms with E-state index >= 15 is 0 Å². The number of hydrogen-bond acceptors (Lipinski definition) is 3. The van der Waals surface area contributed by atoms with E-state index in [1.807, 2.05) is 13.0 Å². The van der Waals surface area contributed by atoms with Gasteiger partial charge in [0.25, 0.3) is 10.0 Å². The second kappa shape index (κ2) is 6.58. The first-order valence-electron chi connectivity index (χ1n) is 6.76. The Hall–Kier alpha value is -2.40. The topological polar surface area (TPSA) is 63.2 Å². The predicted molar refractivity (Wildman–Crippen MR) is 86.6 cm³/mol. The Bertz CT molecular complexity index is 792. The van der Waals surface area contributed by atoms with Gasteiger partial charge < -0.3 is 0 Å². The summed E-state index contributed by atoms with van der Waals surface area (Å²) in [6, 6.07) is 15.4. The zero-order valence-electron chi connectivity index (χ0n) is 12.4. The van der Waals surface area contributed by atoms with E-state index in [-0.39, 0.29) is 16.4 Å². The fraction of sp³-hybridized carbons (Fsp3) is 0.118. The summed E-state index contributed by atoms with van der Waals surface area (Å²) in [7, 11) is -3.74. The molecule has 0 atom stereocenters. The Morgan fingerprint density at radius 2 is 1.59 bits per heavy atom. The molecule has 0 saturated heterocycles. The lowest BCUT2D eigenvalue weighted by molar-refractivity contribution is -0.112. The summed E-state index contributed by atoms with van der Waals surface area (Å²) in [6.07, 6.45) is 1.28. The van der Waals surface area contributed by atoms with Gasteiger partial charge in [0.05, 0.1) is 10.6 Å². The highest BCUT2D eigenvalue weighted by Crippen LogP contribution is 2.17. The molecule has 0 aliphatic carbocycles. The van der Waals surface area contributed by atoms with Crippen LogP contribution >= 0.6 is 0 Å². The molecular formula is C17H17NO3S. The molecule has 0 fully saturated rings. The van der Waals surface area contributed by atoms with Gasteiger partial charge in [0, 0.05) is 6.08 Å². The van der Waals surface area contributed by atoms with E-state index in [4.69, 9.17) is 0 Å². The maximum absolute atomic E-state index is 12.4. The van der Waals surface area contributed by atoms with Crippen molar-refractivity contribution >= 4 is 21.5 Å². The number of ketones is 1. The number of allylic oxidation sites excluding steroid dienone is 1. The summed E-state index contributed by atoms with van der Waals surface area (Å²) in [5, 5.41) is 0. The van der Waals surface area contributed by atoms with Crippen LogP contribution in [0.15, 0.2) is 65.6 Å². The van der Waals surface area contributed by atoms with Crippen molar-refractivity contribution in [1.82, 2.24) is 4.72 Å². The van der Waals surface area contributed by atoms with Crippen molar-refractivity contribution in [2.75, 3.05) is 0 Å². The van der Waals surface area contributed by atoms with Crippen LogP contribution in [0.3, 0.4) is 0 Å². The summed E-state index contributed by atoms with van der Waals surface area (Å²) in [6.45, 7) is 3.26. The SMILES string of the molecule is CC(=O)/C=C(/NS(=O)(=O)c1ccc(C)cc1)c1ccccc1. The van der Waals surface area contributed by atoms with Crippen LogP contribution in [-0.2, 0) is 14.8 Å². The molecule has 4 nitrogen and oxygen atoms in total. The van der Waals surface area contributed by atoms with Crippen LogP contribution in [0, 0.1) is 6.92 Å². The van der Waals surface area contributed by atoms with Crippen molar-refractivity contribution in [1.29, 1.82) is 0 Å². The molecule has 114 valence electrons. The van der Waals surface area contributed by atoms with Crippen LogP contribution in [0.1, 0.15) is 18.1 Å².